The van der Waals surface area contributed by atoms with Crippen LogP contribution in [0.2, 0.25) is 0 Å². The fourth-order valence-corrected chi connectivity index (χ4v) is 2.43. The van der Waals surface area contributed by atoms with Gasteiger partial charge in [0.2, 0.25) is 5.90 Å². The minimum atomic E-state index is -0.669. The second-order valence-corrected chi connectivity index (χ2v) is 4.95. The molecule has 0 radical (unpaired) electrons. The smallest absolute Gasteiger partial charge is 0.335 e. The molecule has 2 atom stereocenters. The summed E-state index contributed by atoms with van der Waals surface area (Å²) in [6, 6.07) is 18.5. The van der Waals surface area contributed by atoms with E-state index in [0.29, 0.717) is 12.5 Å². The molecule has 2 aromatic rings. The SMILES string of the molecule is CCOC(=O)[C@@H]1N=C(c2ccccc2)O[C@H]1c1ccccc1. The molecule has 1 heterocycles. The molecule has 0 spiro atoms. The molecule has 0 amide bonds. The second kappa shape index (κ2) is 6.43. The molecule has 0 fully saturated rings. The third kappa shape index (κ3) is 2.86. The summed E-state index contributed by atoms with van der Waals surface area (Å²) in [6.07, 6.45) is -0.449. The number of rotatable bonds is 4. The number of nitrogens with zero attached hydrogens (tertiary/aromatic N) is 1. The Morgan fingerprint density at radius 2 is 1.73 bits per heavy atom. The number of benzene rings is 2. The van der Waals surface area contributed by atoms with Crippen molar-refractivity contribution in [2.45, 2.75) is 19.1 Å². The third-order valence-electron chi connectivity index (χ3n) is 3.46. The predicted octanol–water partition coefficient (Wildman–Crippen LogP) is 3.14. The summed E-state index contributed by atoms with van der Waals surface area (Å²) in [6.45, 7) is 2.11. The predicted molar refractivity (Wildman–Crippen MR) is 83.7 cm³/mol. The molecule has 0 saturated carbocycles. The topological polar surface area (TPSA) is 47.9 Å². The Hall–Kier alpha value is -2.62. The van der Waals surface area contributed by atoms with Gasteiger partial charge in [0.25, 0.3) is 0 Å². The molecule has 2 aromatic carbocycles. The Bertz CT molecular complexity index is 667. The third-order valence-corrected chi connectivity index (χ3v) is 3.46. The summed E-state index contributed by atoms with van der Waals surface area (Å²) in [5.41, 5.74) is 1.77. The summed E-state index contributed by atoms with van der Waals surface area (Å²) in [5.74, 6) is 0.120. The first-order valence-electron chi connectivity index (χ1n) is 7.31. The lowest BCUT2D eigenvalue weighted by Gasteiger charge is -2.16. The molecular weight excluding hydrogens is 278 g/mol. The van der Waals surface area contributed by atoms with Gasteiger partial charge in [0.1, 0.15) is 0 Å². The van der Waals surface area contributed by atoms with Gasteiger partial charge in [-0.2, -0.15) is 0 Å². The van der Waals surface area contributed by atoms with Gasteiger partial charge in [-0.1, -0.05) is 48.5 Å². The maximum Gasteiger partial charge on any atom is 0.335 e. The second-order valence-electron chi connectivity index (χ2n) is 4.95. The van der Waals surface area contributed by atoms with Crippen LogP contribution in [0.5, 0.6) is 0 Å². The molecule has 1 aliphatic rings. The van der Waals surface area contributed by atoms with Crippen molar-refractivity contribution in [2.24, 2.45) is 4.99 Å². The zero-order valence-electron chi connectivity index (χ0n) is 12.3. The zero-order valence-corrected chi connectivity index (χ0v) is 12.3. The Morgan fingerprint density at radius 1 is 1.09 bits per heavy atom. The van der Waals surface area contributed by atoms with Gasteiger partial charge in [0.15, 0.2) is 12.1 Å². The van der Waals surface area contributed by atoms with E-state index in [0.717, 1.165) is 11.1 Å². The summed E-state index contributed by atoms with van der Waals surface area (Å²) >= 11 is 0. The van der Waals surface area contributed by atoms with E-state index >= 15 is 0 Å². The van der Waals surface area contributed by atoms with Gasteiger partial charge in [0.05, 0.1) is 6.61 Å². The molecular formula is C18H17NO3. The van der Waals surface area contributed by atoms with Crippen molar-refractivity contribution in [2.75, 3.05) is 6.61 Å². The molecule has 0 saturated heterocycles. The lowest BCUT2D eigenvalue weighted by atomic mass is 10.0. The molecule has 0 bridgehead atoms. The van der Waals surface area contributed by atoms with E-state index in [1.54, 1.807) is 6.92 Å². The molecule has 22 heavy (non-hydrogen) atoms. The highest BCUT2D eigenvalue weighted by Gasteiger charge is 2.38. The first-order valence-corrected chi connectivity index (χ1v) is 7.31. The molecule has 4 nitrogen and oxygen atoms in total. The normalized spacial score (nSPS) is 20.1. The molecule has 0 aromatic heterocycles. The van der Waals surface area contributed by atoms with Crippen LogP contribution < -0.4 is 0 Å². The van der Waals surface area contributed by atoms with Crippen LogP contribution in [0, 0.1) is 0 Å². The number of carbonyl (C=O) groups excluding carboxylic acids is 1. The van der Waals surface area contributed by atoms with Crippen molar-refractivity contribution in [3.63, 3.8) is 0 Å². The average Bonchev–Trinajstić information content (AvgIpc) is 3.02. The van der Waals surface area contributed by atoms with Crippen LogP contribution in [-0.4, -0.2) is 24.5 Å². The van der Waals surface area contributed by atoms with Crippen molar-refractivity contribution in [1.29, 1.82) is 0 Å². The fraction of sp³-hybridized carbons (Fsp3) is 0.222. The standard InChI is InChI=1S/C18H17NO3/c1-2-21-18(20)15-16(13-9-5-3-6-10-13)22-17(19-15)14-11-7-4-8-12-14/h3-12,15-16H,2H2,1H3/t15-,16+/m1/s1. The van der Waals surface area contributed by atoms with Crippen molar-refractivity contribution in [3.05, 3.63) is 71.8 Å². The fourth-order valence-electron chi connectivity index (χ4n) is 2.43. The van der Waals surface area contributed by atoms with Gasteiger partial charge < -0.3 is 9.47 Å². The van der Waals surface area contributed by atoms with Crippen LogP contribution in [0.1, 0.15) is 24.2 Å². The van der Waals surface area contributed by atoms with E-state index in [9.17, 15) is 4.79 Å². The first kappa shape index (κ1) is 14.3. The van der Waals surface area contributed by atoms with Gasteiger partial charge in [-0.3, -0.25) is 0 Å². The highest BCUT2D eigenvalue weighted by molar-refractivity contribution is 5.98. The van der Waals surface area contributed by atoms with Gasteiger partial charge in [-0.25, -0.2) is 9.79 Å². The van der Waals surface area contributed by atoms with Gasteiger partial charge >= 0.3 is 5.97 Å². The Balaban J connectivity index is 1.92. The molecule has 3 rings (SSSR count). The monoisotopic (exact) mass is 295 g/mol. The zero-order chi connectivity index (χ0) is 15.4. The molecule has 0 unspecified atom stereocenters. The van der Waals surface area contributed by atoms with Crippen molar-refractivity contribution >= 4 is 11.9 Å². The highest BCUT2D eigenvalue weighted by Crippen LogP contribution is 2.31. The van der Waals surface area contributed by atoms with E-state index in [1.807, 2.05) is 60.7 Å². The maximum atomic E-state index is 12.2. The summed E-state index contributed by atoms with van der Waals surface area (Å²) < 4.78 is 11.1. The van der Waals surface area contributed by atoms with Crippen LogP contribution in [0.4, 0.5) is 0 Å². The number of hydrogen-bond donors (Lipinski definition) is 0. The van der Waals surface area contributed by atoms with Crippen molar-refractivity contribution in [1.82, 2.24) is 0 Å². The highest BCUT2D eigenvalue weighted by atomic mass is 16.5. The van der Waals surface area contributed by atoms with E-state index in [4.69, 9.17) is 9.47 Å². The Morgan fingerprint density at radius 3 is 2.36 bits per heavy atom. The summed E-state index contributed by atoms with van der Waals surface area (Å²) in [7, 11) is 0. The van der Waals surface area contributed by atoms with Crippen molar-refractivity contribution < 1.29 is 14.3 Å². The number of aliphatic imine (C=N–C) groups is 1. The lowest BCUT2D eigenvalue weighted by Crippen LogP contribution is -2.26. The van der Waals surface area contributed by atoms with Crippen LogP contribution >= 0.6 is 0 Å². The van der Waals surface area contributed by atoms with E-state index < -0.39 is 12.1 Å². The van der Waals surface area contributed by atoms with Crippen molar-refractivity contribution in [3.8, 4) is 0 Å². The molecule has 4 heteroatoms. The molecule has 112 valence electrons. The largest absolute Gasteiger partial charge is 0.466 e. The van der Waals surface area contributed by atoms with Crippen LogP contribution in [0.25, 0.3) is 0 Å². The number of esters is 1. The minimum absolute atomic E-state index is 0.326. The summed E-state index contributed by atoms with van der Waals surface area (Å²) in [5, 5.41) is 0. The minimum Gasteiger partial charge on any atom is -0.466 e. The Labute approximate surface area is 129 Å². The first-order chi connectivity index (χ1) is 10.8. The quantitative estimate of drug-likeness (QED) is 0.814. The number of hydrogen-bond acceptors (Lipinski definition) is 4. The lowest BCUT2D eigenvalue weighted by molar-refractivity contribution is -0.146. The average molecular weight is 295 g/mol. The van der Waals surface area contributed by atoms with E-state index in [-0.39, 0.29) is 5.97 Å². The van der Waals surface area contributed by atoms with Gasteiger partial charge in [-0.15, -0.1) is 0 Å². The molecule has 1 aliphatic heterocycles. The molecule has 0 aliphatic carbocycles. The number of ether oxygens (including phenoxy) is 2. The van der Waals surface area contributed by atoms with Gasteiger partial charge in [0, 0.05) is 5.56 Å². The van der Waals surface area contributed by atoms with Crippen LogP contribution in [0.15, 0.2) is 65.7 Å². The molecule has 0 N–H and O–H groups in total. The van der Waals surface area contributed by atoms with E-state index in [1.165, 1.54) is 0 Å². The van der Waals surface area contributed by atoms with E-state index in [2.05, 4.69) is 4.99 Å². The summed E-state index contributed by atoms with van der Waals surface area (Å²) in [4.78, 5) is 16.7. The van der Waals surface area contributed by atoms with Gasteiger partial charge in [-0.05, 0) is 24.6 Å². The number of carbonyl (C=O) groups is 1. The van der Waals surface area contributed by atoms with Crippen LogP contribution in [-0.2, 0) is 14.3 Å². The maximum absolute atomic E-state index is 12.2. The van der Waals surface area contributed by atoms with Crippen LogP contribution in [0.3, 0.4) is 0 Å². The Kier molecular flexibility index (Phi) is 4.19.